The molecule has 0 radical (unpaired) electrons. The summed E-state index contributed by atoms with van der Waals surface area (Å²) >= 11 is 0. The number of piperidine rings is 1. The molecule has 2 fully saturated rings. The van der Waals surface area contributed by atoms with Crippen LogP contribution < -0.4 is 10.2 Å². The summed E-state index contributed by atoms with van der Waals surface area (Å²) in [5.74, 6) is 1.17. The van der Waals surface area contributed by atoms with E-state index in [-0.39, 0.29) is 5.91 Å². The summed E-state index contributed by atoms with van der Waals surface area (Å²) in [7, 11) is 6.26. The molecule has 2 aliphatic heterocycles. The lowest BCUT2D eigenvalue weighted by Crippen LogP contribution is -2.42. The lowest BCUT2D eigenvalue weighted by atomic mass is 10.0. The van der Waals surface area contributed by atoms with Crippen LogP contribution >= 0.6 is 0 Å². The Morgan fingerprint density at radius 1 is 1.00 bits per heavy atom. The average molecular weight is 555 g/mol. The molecule has 2 aliphatic rings. The van der Waals surface area contributed by atoms with Gasteiger partial charge in [0.05, 0.1) is 25.1 Å². The minimum absolute atomic E-state index is 0.195. The minimum Gasteiger partial charge on any atom is -0.379 e. The standard InChI is InChI=1S/C31H38N8O2/c1-36(2)26-7-10-39(11-8-26)30-18-23(6-9-32-30)31(40)35-29-17-25-16-22(4-5-24(25)19-33-29)27-20-34-37(3)28(27)21-38-12-14-41-15-13-38/h4-6,9,16-20,26H,7-8,10-15,21H2,1-3H3,(H,33,35,40). The van der Waals surface area contributed by atoms with Gasteiger partial charge < -0.3 is 19.9 Å². The molecular formula is C31H38N8O2. The van der Waals surface area contributed by atoms with Crippen LogP contribution in [0.1, 0.15) is 28.9 Å². The van der Waals surface area contributed by atoms with Crippen molar-refractivity contribution in [2.24, 2.45) is 7.05 Å². The molecule has 1 N–H and O–H groups in total. The SMILES string of the molecule is CN(C)C1CCN(c2cc(C(=O)Nc3cc4cc(-c5cnn(C)c5CN5CCOCC5)ccc4cn3)ccn2)CC1. The number of hydrogen-bond acceptors (Lipinski definition) is 8. The van der Waals surface area contributed by atoms with Gasteiger partial charge in [0, 0.05) is 74.7 Å². The zero-order valence-corrected chi connectivity index (χ0v) is 24.1. The van der Waals surface area contributed by atoms with E-state index in [0.29, 0.717) is 17.4 Å². The van der Waals surface area contributed by atoms with Gasteiger partial charge in [0.2, 0.25) is 0 Å². The number of carbonyl (C=O) groups excluding carboxylic acids is 1. The Labute approximate surface area is 240 Å². The van der Waals surface area contributed by atoms with Crippen LogP contribution in [0.15, 0.2) is 55.0 Å². The van der Waals surface area contributed by atoms with E-state index < -0.39 is 0 Å². The monoisotopic (exact) mass is 554 g/mol. The van der Waals surface area contributed by atoms with Crippen molar-refractivity contribution in [1.82, 2.24) is 29.5 Å². The number of morpholine rings is 1. The van der Waals surface area contributed by atoms with Crippen LogP contribution in [0, 0.1) is 0 Å². The fraction of sp³-hybridized carbons (Fsp3) is 0.419. The summed E-state index contributed by atoms with van der Waals surface area (Å²) in [5.41, 5.74) is 3.95. The zero-order chi connectivity index (χ0) is 28.3. The first-order valence-electron chi connectivity index (χ1n) is 14.3. The number of fused-ring (bicyclic) bond motifs is 1. The predicted molar refractivity (Wildman–Crippen MR) is 161 cm³/mol. The number of hydrogen-bond donors (Lipinski definition) is 1. The maximum Gasteiger partial charge on any atom is 0.257 e. The van der Waals surface area contributed by atoms with Gasteiger partial charge in [0.25, 0.3) is 5.91 Å². The number of pyridine rings is 2. The van der Waals surface area contributed by atoms with Gasteiger partial charge in [-0.05, 0) is 62.2 Å². The Balaban J connectivity index is 1.18. The molecule has 2 saturated heterocycles. The van der Waals surface area contributed by atoms with Crippen LogP contribution in [0.4, 0.5) is 11.6 Å². The highest BCUT2D eigenvalue weighted by Crippen LogP contribution is 2.29. The topological polar surface area (TPSA) is 91.7 Å². The molecule has 1 amide bonds. The largest absolute Gasteiger partial charge is 0.379 e. The van der Waals surface area contributed by atoms with Crippen LogP contribution in [-0.2, 0) is 18.3 Å². The van der Waals surface area contributed by atoms with E-state index in [9.17, 15) is 4.79 Å². The lowest BCUT2D eigenvalue weighted by molar-refractivity contribution is 0.0332. The van der Waals surface area contributed by atoms with Crippen molar-refractivity contribution in [3.63, 3.8) is 0 Å². The van der Waals surface area contributed by atoms with Gasteiger partial charge in [-0.1, -0.05) is 12.1 Å². The molecule has 5 heterocycles. The van der Waals surface area contributed by atoms with Gasteiger partial charge in [-0.3, -0.25) is 14.4 Å². The third-order valence-corrected chi connectivity index (χ3v) is 8.34. The fourth-order valence-corrected chi connectivity index (χ4v) is 5.77. The molecule has 0 atom stereocenters. The first-order valence-corrected chi connectivity index (χ1v) is 14.3. The molecule has 4 aromatic rings. The molecule has 41 heavy (non-hydrogen) atoms. The molecule has 0 aliphatic carbocycles. The van der Waals surface area contributed by atoms with E-state index in [1.807, 2.05) is 30.1 Å². The smallest absolute Gasteiger partial charge is 0.257 e. The summed E-state index contributed by atoms with van der Waals surface area (Å²) < 4.78 is 7.48. The Hall–Kier alpha value is -3.86. The van der Waals surface area contributed by atoms with Crippen molar-refractivity contribution in [1.29, 1.82) is 0 Å². The number of rotatable bonds is 7. The van der Waals surface area contributed by atoms with Crippen molar-refractivity contribution in [3.05, 3.63) is 66.2 Å². The van der Waals surface area contributed by atoms with Crippen LogP contribution in [0.3, 0.4) is 0 Å². The van der Waals surface area contributed by atoms with Crippen LogP contribution in [0.25, 0.3) is 21.9 Å². The second kappa shape index (κ2) is 11.9. The van der Waals surface area contributed by atoms with Crippen molar-refractivity contribution in [2.75, 3.05) is 63.7 Å². The van der Waals surface area contributed by atoms with Gasteiger partial charge in [0.15, 0.2) is 0 Å². The predicted octanol–water partition coefficient (Wildman–Crippen LogP) is 3.65. The number of nitrogens with zero attached hydrogens (tertiary/aromatic N) is 7. The van der Waals surface area contributed by atoms with Crippen molar-refractivity contribution in [2.45, 2.75) is 25.4 Å². The molecule has 0 bridgehead atoms. The molecule has 6 rings (SSSR count). The first-order chi connectivity index (χ1) is 19.9. The van der Waals surface area contributed by atoms with Crippen LogP contribution in [-0.4, -0.2) is 95.0 Å². The fourth-order valence-electron chi connectivity index (χ4n) is 5.77. The Kier molecular flexibility index (Phi) is 7.95. The molecule has 3 aromatic heterocycles. The summed E-state index contributed by atoms with van der Waals surface area (Å²) in [6.07, 6.45) is 7.62. The third-order valence-electron chi connectivity index (χ3n) is 8.34. The van der Waals surface area contributed by atoms with Gasteiger partial charge in [0.1, 0.15) is 11.6 Å². The molecule has 0 unspecified atom stereocenters. The second-order valence-corrected chi connectivity index (χ2v) is 11.2. The van der Waals surface area contributed by atoms with Gasteiger partial charge >= 0.3 is 0 Å². The maximum absolute atomic E-state index is 13.2. The molecule has 10 heteroatoms. The van der Waals surface area contributed by atoms with E-state index >= 15 is 0 Å². The number of ether oxygens (including phenoxy) is 1. The quantitative estimate of drug-likeness (QED) is 0.370. The van der Waals surface area contributed by atoms with E-state index in [1.165, 1.54) is 5.69 Å². The van der Waals surface area contributed by atoms with Crippen molar-refractivity contribution in [3.8, 4) is 11.1 Å². The first kappa shape index (κ1) is 27.3. The van der Waals surface area contributed by atoms with Crippen LogP contribution in [0.2, 0.25) is 0 Å². The number of anilines is 2. The summed E-state index contributed by atoms with van der Waals surface area (Å²) in [6.45, 7) is 6.06. The summed E-state index contributed by atoms with van der Waals surface area (Å²) in [4.78, 5) is 29.2. The van der Waals surface area contributed by atoms with Crippen molar-refractivity contribution >= 4 is 28.3 Å². The van der Waals surface area contributed by atoms with E-state index in [4.69, 9.17) is 4.74 Å². The normalized spacial score (nSPS) is 16.9. The average Bonchev–Trinajstić information content (AvgIpc) is 3.36. The molecular weight excluding hydrogens is 516 g/mol. The summed E-state index contributed by atoms with van der Waals surface area (Å²) in [6, 6.07) is 12.5. The van der Waals surface area contributed by atoms with Crippen molar-refractivity contribution < 1.29 is 9.53 Å². The third kappa shape index (κ3) is 6.09. The highest BCUT2D eigenvalue weighted by atomic mass is 16.5. The number of carbonyl (C=O) groups is 1. The molecule has 0 spiro atoms. The Bertz CT molecular complexity index is 1520. The van der Waals surface area contributed by atoms with E-state index in [0.717, 1.165) is 86.5 Å². The molecule has 0 saturated carbocycles. The summed E-state index contributed by atoms with van der Waals surface area (Å²) in [5, 5.41) is 9.57. The van der Waals surface area contributed by atoms with Gasteiger partial charge in [-0.25, -0.2) is 9.97 Å². The number of amides is 1. The maximum atomic E-state index is 13.2. The molecule has 214 valence electrons. The van der Waals surface area contributed by atoms with E-state index in [2.05, 4.69) is 67.4 Å². The van der Waals surface area contributed by atoms with Gasteiger partial charge in [-0.2, -0.15) is 5.10 Å². The minimum atomic E-state index is -0.195. The Morgan fingerprint density at radius 2 is 1.80 bits per heavy atom. The second-order valence-electron chi connectivity index (χ2n) is 11.2. The highest BCUT2D eigenvalue weighted by molar-refractivity contribution is 6.05. The zero-order valence-electron chi connectivity index (χ0n) is 24.1. The van der Waals surface area contributed by atoms with E-state index in [1.54, 1.807) is 18.5 Å². The Morgan fingerprint density at radius 3 is 2.59 bits per heavy atom. The number of benzene rings is 1. The molecule has 1 aromatic carbocycles. The number of aromatic nitrogens is 4. The molecule has 10 nitrogen and oxygen atoms in total. The number of nitrogens with one attached hydrogen (secondary N) is 1. The van der Waals surface area contributed by atoms with Crippen LogP contribution in [0.5, 0.6) is 0 Å². The number of aryl methyl sites for hydroxylation is 1. The lowest BCUT2D eigenvalue weighted by Gasteiger charge is -2.35. The highest BCUT2D eigenvalue weighted by Gasteiger charge is 2.22. The van der Waals surface area contributed by atoms with Gasteiger partial charge in [-0.15, -0.1) is 0 Å².